The summed E-state index contributed by atoms with van der Waals surface area (Å²) in [7, 11) is 0. The fraction of sp³-hybridized carbons (Fsp3) is 0.250. The van der Waals surface area contributed by atoms with E-state index in [9.17, 15) is 22.8 Å². The summed E-state index contributed by atoms with van der Waals surface area (Å²) in [6, 6.07) is 4.58. The Hall–Kier alpha value is -2.94. The highest BCUT2D eigenvalue weighted by Crippen LogP contribution is 2.30. The first kappa shape index (κ1) is 20.8. The maximum atomic E-state index is 12.7. The predicted octanol–water partition coefficient (Wildman–Crippen LogP) is 4.94. The first-order valence-corrected chi connectivity index (χ1v) is 9.44. The number of esters is 1. The molecule has 0 aliphatic rings. The quantitative estimate of drug-likeness (QED) is 0.478. The van der Waals surface area contributed by atoms with Crippen molar-refractivity contribution in [1.82, 2.24) is 9.97 Å². The second kappa shape index (κ2) is 7.82. The van der Waals surface area contributed by atoms with Crippen molar-refractivity contribution < 1.29 is 22.7 Å². The minimum Gasteiger partial charge on any atom is -0.451 e. The van der Waals surface area contributed by atoms with Gasteiger partial charge in [-0.15, -0.1) is 11.3 Å². The van der Waals surface area contributed by atoms with Crippen molar-refractivity contribution in [2.24, 2.45) is 0 Å². The first-order chi connectivity index (χ1) is 13.6. The number of rotatable bonds is 4. The normalized spacial score (nSPS) is 13.2. The molecule has 152 valence electrons. The van der Waals surface area contributed by atoms with Crippen LogP contribution in [0.2, 0.25) is 0 Å². The van der Waals surface area contributed by atoms with E-state index in [4.69, 9.17) is 4.74 Å². The van der Waals surface area contributed by atoms with Crippen LogP contribution in [-0.2, 0) is 15.7 Å². The smallest absolute Gasteiger partial charge is 0.416 e. The monoisotopic (exact) mass is 422 g/mol. The van der Waals surface area contributed by atoms with Crippen molar-refractivity contribution in [2.45, 2.75) is 33.1 Å². The molecule has 0 bridgehead atoms. The molecular formula is C20H17F3N2O3S. The third-order valence-corrected chi connectivity index (χ3v) is 5.46. The zero-order chi connectivity index (χ0) is 21.3. The van der Waals surface area contributed by atoms with Crippen LogP contribution in [0.15, 0.2) is 35.1 Å². The zero-order valence-corrected chi connectivity index (χ0v) is 16.6. The number of aromatic amines is 1. The Balaban J connectivity index is 1.75. The average molecular weight is 422 g/mol. The lowest BCUT2D eigenvalue weighted by atomic mass is 10.1. The Morgan fingerprint density at radius 1 is 1.31 bits per heavy atom. The van der Waals surface area contributed by atoms with Gasteiger partial charge in [-0.05, 0) is 50.1 Å². The third kappa shape index (κ3) is 4.56. The number of thiophene rings is 1. The number of aryl methyl sites for hydroxylation is 2. The van der Waals surface area contributed by atoms with E-state index >= 15 is 0 Å². The molecule has 0 fully saturated rings. The molecular weight excluding hydrogens is 405 g/mol. The molecule has 2 aromatic heterocycles. The molecule has 3 aromatic rings. The van der Waals surface area contributed by atoms with Gasteiger partial charge in [-0.25, -0.2) is 9.78 Å². The average Bonchev–Trinajstić information content (AvgIpc) is 2.94. The molecule has 1 unspecified atom stereocenters. The van der Waals surface area contributed by atoms with Crippen molar-refractivity contribution in [3.63, 3.8) is 0 Å². The van der Waals surface area contributed by atoms with Crippen LogP contribution in [0, 0.1) is 13.8 Å². The summed E-state index contributed by atoms with van der Waals surface area (Å²) in [4.78, 5) is 32.9. The number of hydrogen-bond donors (Lipinski definition) is 1. The summed E-state index contributed by atoms with van der Waals surface area (Å²) >= 11 is 1.38. The molecule has 1 atom stereocenters. The molecule has 0 spiro atoms. The van der Waals surface area contributed by atoms with Crippen LogP contribution in [0.4, 0.5) is 13.2 Å². The van der Waals surface area contributed by atoms with Crippen LogP contribution in [0.3, 0.4) is 0 Å². The van der Waals surface area contributed by atoms with Crippen LogP contribution < -0.4 is 5.56 Å². The lowest BCUT2D eigenvalue weighted by Crippen LogP contribution is -2.16. The zero-order valence-electron chi connectivity index (χ0n) is 15.8. The van der Waals surface area contributed by atoms with Gasteiger partial charge in [-0.1, -0.05) is 12.1 Å². The summed E-state index contributed by atoms with van der Waals surface area (Å²) in [6.45, 7) is 5.28. The second-order valence-electron chi connectivity index (χ2n) is 6.45. The van der Waals surface area contributed by atoms with E-state index in [2.05, 4.69) is 9.97 Å². The van der Waals surface area contributed by atoms with E-state index in [0.29, 0.717) is 10.2 Å². The molecule has 0 amide bonds. The van der Waals surface area contributed by atoms with E-state index in [1.807, 2.05) is 13.8 Å². The molecule has 0 aliphatic heterocycles. The SMILES string of the molecule is Cc1sc2nc(C(C)OC(=O)/C=C/c3cccc(C(F)(F)F)c3)[nH]c(=O)c2c1C. The number of aromatic nitrogens is 2. The Kier molecular flexibility index (Phi) is 5.61. The molecule has 29 heavy (non-hydrogen) atoms. The van der Waals surface area contributed by atoms with Gasteiger partial charge in [0.25, 0.3) is 5.56 Å². The minimum absolute atomic E-state index is 0.199. The number of H-pyrrole nitrogens is 1. The number of hydrogen-bond acceptors (Lipinski definition) is 5. The van der Waals surface area contributed by atoms with E-state index in [0.717, 1.165) is 28.6 Å². The van der Waals surface area contributed by atoms with Crippen molar-refractivity contribution in [3.8, 4) is 0 Å². The molecule has 0 aliphatic carbocycles. The second-order valence-corrected chi connectivity index (χ2v) is 7.65. The number of benzene rings is 1. The lowest BCUT2D eigenvalue weighted by molar-refractivity contribution is -0.142. The van der Waals surface area contributed by atoms with Crippen LogP contribution in [0.5, 0.6) is 0 Å². The number of alkyl halides is 3. The third-order valence-electron chi connectivity index (χ3n) is 4.36. The number of ether oxygens (including phenoxy) is 1. The summed E-state index contributed by atoms with van der Waals surface area (Å²) in [5, 5.41) is 0.513. The number of fused-ring (bicyclic) bond motifs is 1. The number of carbonyl (C=O) groups excluding carboxylic acids is 1. The Morgan fingerprint density at radius 3 is 2.72 bits per heavy atom. The molecule has 3 rings (SSSR count). The summed E-state index contributed by atoms with van der Waals surface area (Å²) in [5.74, 6) is -0.569. The molecule has 2 heterocycles. The molecule has 1 N–H and O–H groups in total. The van der Waals surface area contributed by atoms with Gasteiger partial charge in [-0.2, -0.15) is 13.2 Å². The van der Waals surface area contributed by atoms with Gasteiger partial charge < -0.3 is 9.72 Å². The first-order valence-electron chi connectivity index (χ1n) is 8.62. The number of carbonyl (C=O) groups is 1. The van der Waals surface area contributed by atoms with E-state index < -0.39 is 23.8 Å². The van der Waals surface area contributed by atoms with Crippen LogP contribution >= 0.6 is 11.3 Å². The largest absolute Gasteiger partial charge is 0.451 e. The van der Waals surface area contributed by atoms with Gasteiger partial charge >= 0.3 is 12.1 Å². The Morgan fingerprint density at radius 2 is 2.03 bits per heavy atom. The molecule has 0 saturated carbocycles. The minimum atomic E-state index is -4.46. The highest BCUT2D eigenvalue weighted by atomic mass is 32.1. The van der Waals surface area contributed by atoms with Gasteiger partial charge in [0.2, 0.25) is 0 Å². The van der Waals surface area contributed by atoms with E-state index in [1.165, 1.54) is 29.5 Å². The predicted molar refractivity (Wildman–Crippen MR) is 105 cm³/mol. The van der Waals surface area contributed by atoms with Crippen molar-refractivity contribution in [3.05, 3.63) is 68.1 Å². The molecule has 0 radical (unpaired) electrons. The Bertz CT molecular complexity index is 1160. The maximum Gasteiger partial charge on any atom is 0.416 e. The van der Waals surface area contributed by atoms with Gasteiger partial charge in [0.05, 0.1) is 10.9 Å². The molecule has 1 aromatic carbocycles. The molecule has 9 heteroatoms. The van der Waals surface area contributed by atoms with Crippen molar-refractivity contribution in [1.29, 1.82) is 0 Å². The topological polar surface area (TPSA) is 72.0 Å². The van der Waals surface area contributed by atoms with E-state index in [-0.39, 0.29) is 16.9 Å². The van der Waals surface area contributed by atoms with Gasteiger partial charge in [0.1, 0.15) is 4.83 Å². The standard InChI is InChI=1S/C20H17F3N2O3S/c1-10-12(3)29-19-16(10)18(27)24-17(25-19)11(2)28-15(26)8-7-13-5-4-6-14(9-13)20(21,22)23/h4-9,11H,1-3H3,(H,24,25,27)/b8-7+. The van der Waals surface area contributed by atoms with Gasteiger partial charge in [0, 0.05) is 11.0 Å². The Labute approximate surface area is 167 Å². The van der Waals surface area contributed by atoms with Crippen LogP contribution in [0.1, 0.15) is 40.4 Å². The van der Waals surface area contributed by atoms with Crippen LogP contribution in [-0.4, -0.2) is 15.9 Å². The highest BCUT2D eigenvalue weighted by molar-refractivity contribution is 7.18. The summed E-state index contributed by atoms with van der Waals surface area (Å²) < 4.78 is 43.5. The van der Waals surface area contributed by atoms with E-state index in [1.54, 1.807) is 6.92 Å². The van der Waals surface area contributed by atoms with Crippen LogP contribution in [0.25, 0.3) is 16.3 Å². The molecule has 0 saturated heterocycles. The number of nitrogens with zero attached hydrogens (tertiary/aromatic N) is 1. The highest BCUT2D eigenvalue weighted by Gasteiger charge is 2.30. The fourth-order valence-corrected chi connectivity index (χ4v) is 3.75. The van der Waals surface area contributed by atoms with Gasteiger partial charge in [-0.3, -0.25) is 4.79 Å². The fourth-order valence-electron chi connectivity index (χ4n) is 2.72. The maximum absolute atomic E-state index is 12.7. The molecule has 5 nitrogen and oxygen atoms in total. The van der Waals surface area contributed by atoms with Crippen molar-refractivity contribution >= 4 is 33.6 Å². The number of nitrogens with one attached hydrogen (secondary N) is 1. The summed E-state index contributed by atoms with van der Waals surface area (Å²) in [5.41, 5.74) is -0.0480. The summed E-state index contributed by atoms with van der Waals surface area (Å²) in [6.07, 6.45) is -3.04. The van der Waals surface area contributed by atoms with Gasteiger partial charge in [0.15, 0.2) is 11.9 Å². The number of halogens is 3. The van der Waals surface area contributed by atoms with Crippen molar-refractivity contribution in [2.75, 3.05) is 0 Å². The lowest BCUT2D eigenvalue weighted by Gasteiger charge is -2.11.